The van der Waals surface area contributed by atoms with E-state index in [-0.39, 0.29) is 0 Å². The van der Waals surface area contributed by atoms with Crippen molar-refractivity contribution in [3.63, 3.8) is 0 Å². The van der Waals surface area contributed by atoms with Crippen LogP contribution in [0.15, 0.2) is 6.07 Å². The van der Waals surface area contributed by atoms with Gasteiger partial charge in [-0.1, -0.05) is 11.6 Å². The van der Waals surface area contributed by atoms with Gasteiger partial charge in [-0.05, 0) is 32.8 Å². The molecule has 1 unspecified atom stereocenters. The summed E-state index contributed by atoms with van der Waals surface area (Å²) in [6, 6.07) is 2.05. The molecule has 1 aliphatic heterocycles. The molecule has 2 aromatic rings. The summed E-state index contributed by atoms with van der Waals surface area (Å²) < 4.78 is 7.88. The predicted molar refractivity (Wildman–Crippen MR) is 71.0 cm³/mol. The molecule has 0 aromatic carbocycles. The number of rotatable bonds is 2. The quantitative estimate of drug-likeness (QED) is 0.784. The van der Waals surface area contributed by atoms with E-state index in [0.29, 0.717) is 17.1 Å². The molecule has 1 saturated heterocycles. The smallest absolute Gasteiger partial charge is 0.145 e. The molecule has 0 spiro atoms. The van der Waals surface area contributed by atoms with Crippen LogP contribution in [0.4, 0.5) is 0 Å². The molecule has 0 N–H and O–H groups in total. The zero-order valence-electron chi connectivity index (χ0n) is 10.6. The Morgan fingerprint density at radius 3 is 3.00 bits per heavy atom. The highest BCUT2D eigenvalue weighted by Gasteiger charge is 2.19. The van der Waals surface area contributed by atoms with Gasteiger partial charge in [-0.15, -0.1) is 0 Å². The van der Waals surface area contributed by atoms with Crippen LogP contribution in [0.1, 0.15) is 24.4 Å². The van der Waals surface area contributed by atoms with E-state index in [2.05, 4.69) is 21.5 Å². The van der Waals surface area contributed by atoms with Crippen LogP contribution in [-0.2, 0) is 11.3 Å². The van der Waals surface area contributed by atoms with Crippen molar-refractivity contribution in [1.82, 2.24) is 14.5 Å². The van der Waals surface area contributed by atoms with Gasteiger partial charge in [0.1, 0.15) is 16.6 Å². The Balaban J connectivity index is 2.06. The fraction of sp³-hybridized carbons (Fsp3) is 0.538. The molecule has 5 heteroatoms. The van der Waals surface area contributed by atoms with Crippen molar-refractivity contribution >= 4 is 22.6 Å². The second-order valence-corrected chi connectivity index (χ2v) is 5.19. The zero-order chi connectivity index (χ0) is 12.7. The first-order chi connectivity index (χ1) is 8.65. The summed E-state index contributed by atoms with van der Waals surface area (Å²) in [6.45, 7) is 5.66. The Hall–Kier alpha value is -1.13. The Bertz CT molecular complexity index is 587. The molecule has 3 heterocycles. The van der Waals surface area contributed by atoms with Crippen molar-refractivity contribution in [3.8, 4) is 0 Å². The van der Waals surface area contributed by atoms with Crippen LogP contribution in [0.3, 0.4) is 0 Å². The Labute approximate surface area is 111 Å². The van der Waals surface area contributed by atoms with Crippen molar-refractivity contribution in [3.05, 3.63) is 22.7 Å². The van der Waals surface area contributed by atoms with Crippen molar-refractivity contribution in [2.24, 2.45) is 0 Å². The second-order valence-electron chi connectivity index (χ2n) is 4.83. The largest absolute Gasteiger partial charge is 0.376 e. The molecule has 96 valence electrons. The van der Waals surface area contributed by atoms with Crippen molar-refractivity contribution in [2.75, 3.05) is 6.61 Å². The van der Waals surface area contributed by atoms with Gasteiger partial charge in [-0.2, -0.15) is 0 Å². The highest BCUT2D eigenvalue weighted by atomic mass is 35.5. The zero-order valence-corrected chi connectivity index (χ0v) is 11.4. The maximum absolute atomic E-state index is 6.17. The molecular weight excluding hydrogens is 250 g/mol. The molecule has 0 amide bonds. The lowest BCUT2D eigenvalue weighted by Crippen LogP contribution is -2.16. The first kappa shape index (κ1) is 11.9. The minimum Gasteiger partial charge on any atom is -0.376 e. The fourth-order valence-corrected chi connectivity index (χ4v) is 2.80. The van der Waals surface area contributed by atoms with Crippen molar-refractivity contribution < 1.29 is 4.74 Å². The van der Waals surface area contributed by atoms with Gasteiger partial charge in [0.25, 0.3) is 0 Å². The summed E-state index contributed by atoms with van der Waals surface area (Å²) in [6.07, 6.45) is 2.57. The first-order valence-electron chi connectivity index (χ1n) is 6.27. The molecule has 1 atom stereocenters. The number of fused-ring (bicyclic) bond motifs is 1. The Morgan fingerprint density at radius 1 is 1.44 bits per heavy atom. The van der Waals surface area contributed by atoms with Gasteiger partial charge in [0.05, 0.1) is 18.0 Å². The molecule has 0 aliphatic carbocycles. The first-order valence-corrected chi connectivity index (χ1v) is 6.64. The summed E-state index contributed by atoms with van der Waals surface area (Å²) >= 11 is 6.17. The molecule has 4 nitrogen and oxygen atoms in total. The lowest BCUT2D eigenvalue weighted by Gasteiger charge is -2.13. The van der Waals surface area contributed by atoms with Crippen LogP contribution in [0.2, 0.25) is 5.15 Å². The standard InChI is InChI=1S/C13H16ClN3O/c1-8-6-11-12(14)15-9(2)16-13(11)17(8)7-10-4-3-5-18-10/h6,10H,3-5,7H2,1-2H3. The Kier molecular flexibility index (Phi) is 2.99. The van der Waals surface area contributed by atoms with Crippen LogP contribution in [0, 0.1) is 13.8 Å². The van der Waals surface area contributed by atoms with E-state index in [1.54, 1.807) is 0 Å². The van der Waals surface area contributed by atoms with Gasteiger partial charge in [0.15, 0.2) is 0 Å². The summed E-state index contributed by atoms with van der Waals surface area (Å²) in [5.41, 5.74) is 2.07. The summed E-state index contributed by atoms with van der Waals surface area (Å²) in [4.78, 5) is 8.71. The topological polar surface area (TPSA) is 39.9 Å². The second kappa shape index (κ2) is 4.52. The normalized spacial score (nSPS) is 19.8. The third kappa shape index (κ3) is 1.99. The van der Waals surface area contributed by atoms with E-state index in [4.69, 9.17) is 16.3 Å². The molecule has 0 bridgehead atoms. The van der Waals surface area contributed by atoms with Crippen molar-refractivity contribution in [1.29, 1.82) is 0 Å². The van der Waals surface area contributed by atoms with E-state index in [0.717, 1.165) is 42.7 Å². The van der Waals surface area contributed by atoms with E-state index in [9.17, 15) is 0 Å². The van der Waals surface area contributed by atoms with E-state index in [1.165, 1.54) is 0 Å². The molecule has 0 radical (unpaired) electrons. The highest BCUT2D eigenvalue weighted by molar-refractivity contribution is 6.34. The van der Waals surface area contributed by atoms with Crippen LogP contribution in [0.5, 0.6) is 0 Å². The number of aromatic nitrogens is 3. The summed E-state index contributed by atoms with van der Waals surface area (Å²) in [5.74, 6) is 0.708. The maximum atomic E-state index is 6.17. The lowest BCUT2D eigenvalue weighted by atomic mass is 10.2. The SMILES string of the molecule is Cc1nc(Cl)c2cc(C)n(CC3CCCO3)c2n1. The lowest BCUT2D eigenvalue weighted by molar-refractivity contribution is 0.0974. The van der Waals surface area contributed by atoms with Crippen LogP contribution in [0.25, 0.3) is 11.0 Å². The highest BCUT2D eigenvalue weighted by Crippen LogP contribution is 2.25. The van der Waals surface area contributed by atoms with E-state index in [1.807, 2.05) is 13.0 Å². The minimum atomic E-state index is 0.299. The molecule has 1 fully saturated rings. The van der Waals surface area contributed by atoms with Crippen LogP contribution in [-0.4, -0.2) is 27.2 Å². The number of aryl methyl sites for hydroxylation is 2. The molecule has 18 heavy (non-hydrogen) atoms. The number of halogens is 1. The van der Waals surface area contributed by atoms with Crippen LogP contribution < -0.4 is 0 Å². The van der Waals surface area contributed by atoms with Crippen LogP contribution >= 0.6 is 11.6 Å². The summed E-state index contributed by atoms with van der Waals surface area (Å²) in [5, 5.41) is 1.46. The molecule has 1 aliphatic rings. The maximum Gasteiger partial charge on any atom is 0.145 e. The van der Waals surface area contributed by atoms with Gasteiger partial charge in [0, 0.05) is 12.3 Å². The van der Waals surface area contributed by atoms with Gasteiger partial charge in [-0.3, -0.25) is 0 Å². The monoisotopic (exact) mass is 265 g/mol. The van der Waals surface area contributed by atoms with Gasteiger partial charge >= 0.3 is 0 Å². The van der Waals surface area contributed by atoms with Gasteiger partial charge in [0.2, 0.25) is 0 Å². The van der Waals surface area contributed by atoms with Gasteiger partial charge in [-0.25, -0.2) is 9.97 Å². The van der Waals surface area contributed by atoms with Crippen molar-refractivity contribution in [2.45, 2.75) is 39.3 Å². The number of hydrogen-bond acceptors (Lipinski definition) is 3. The fourth-order valence-electron chi connectivity index (χ4n) is 2.54. The van der Waals surface area contributed by atoms with E-state index < -0.39 is 0 Å². The third-order valence-electron chi connectivity index (χ3n) is 3.44. The third-order valence-corrected chi connectivity index (χ3v) is 3.72. The molecular formula is C13H16ClN3O. The average Bonchev–Trinajstić information content (AvgIpc) is 2.91. The number of nitrogens with zero attached hydrogens (tertiary/aromatic N) is 3. The molecule has 3 rings (SSSR count). The Morgan fingerprint density at radius 2 is 2.28 bits per heavy atom. The predicted octanol–water partition coefficient (Wildman–Crippen LogP) is 2.88. The number of ether oxygens (including phenoxy) is 1. The minimum absolute atomic E-state index is 0.299. The van der Waals surface area contributed by atoms with Gasteiger partial charge < -0.3 is 9.30 Å². The number of hydrogen-bond donors (Lipinski definition) is 0. The van der Waals surface area contributed by atoms with E-state index >= 15 is 0 Å². The average molecular weight is 266 g/mol. The summed E-state index contributed by atoms with van der Waals surface area (Å²) in [7, 11) is 0. The molecule has 2 aromatic heterocycles. The molecule has 0 saturated carbocycles.